The van der Waals surface area contributed by atoms with Crippen LogP contribution in [0.15, 0.2) is 71.9 Å². The van der Waals surface area contributed by atoms with Crippen molar-refractivity contribution in [2.45, 2.75) is 20.0 Å². The first-order chi connectivity index (χ1) is 14.5. The number of aliphatic imine (C=N–C) groups is 1. The quantitative estimate of drug-likeness (QED) is 0.469. The number of likely N-dealkylation sites (N-methyl/N-ethyl adjacent to an activating group) is 1. The zero-order valence-corrected chi connectivity index (χ0v) is 17.7. The molecule has 3 aromatic rings. The van der Waals surface area contributed by atoms with E-state index in [-0.39, 0.29) is 12.5 Å². The molecule has 7 heteroatoms. The number of rotatable bonds is 7. The second kappa shape index (κ2) is 10.2. The van der Waals surface area contributed by atoms with Crippen molar-refractivity contribution < 1.29 is 4.79 Å². The summed E-state index contributed by atoms with van der Waals surface area (Å²) < 4.78 is 1.87. The second-order valence-electron chi connectivity index (χ2n) is 7.18. The Hall–Kier alpha value is -3.61. The van der Waals surface area contributed by atoms with Gasteiger partial charge in [0.1, 0.15) is 0 Å². The molecule has 156 valence electrons. The molecule has 0 fully saturated rings. The molecule has 0 radical (unpaired) electrons. The van der Waals surface area contributed by atoms with Crippen LogP contribution in [0.5, 0.6) is 0 Å². The van der Waals surface area contributed by atoms with Crippen molar-refractivity contribution >= 4 is 11.9 Å². The fourth-order valence-corrected chi connectivity index (χ4v) is 2.86. The third kappa shape index (κ3) is 5.94. The maximum atomic E-state index is 12.0. The van der Waals surface area contributed by atoms with Crippen molar-refractivity contribution in [2.75, 3.05) is 20.6 Å². The highest BCUT2D eigenvalue weighted by molar-refractivity contribution is 5.86. The van der Waals surface area contributed by atoms with Crippen LogP contribution in [0, 0.1) is 6.92 Å². The minimum atomic E-state index is -0.0170. The Morgan fingerprint density at radius 1 is 1.03 bits per heavy atom. The van der Waals surface area contributed by atoms with Gasteiger partial charge in [-0.1, -0.05) is 48.5 Å². The molecule has 1 heterocycles. The number of amides is 1. The molecule has 0 saturated heterocycles. The monoisotopic (exact) mass is 404 g/mol. The van der Waals surface area contributed by atoms with E-state index in [1.807, 2.05) is 72.4 Å². The normalized spacial score (nSPS) is 11.2. The number of carbonyl (C=O) groups excluding carboxylic acids is 1. The van der Waals surface area contributed by atoms with Crippen LogP contribution in [0.4, 0.5) is 0 Å². The molecule has 0 aliphatic heterocycles. The molecule has 1 aromatic heterocycles. The van der Waals surface area contributed by atoms with Gasteiger partial charge >= 0.3 is 0 Å². The number of nitrogens with one attached hydrogen (secondary N) is 2. The zero-order chi connectivity index (χ0) is 21.3. The largest absolute Gasteiger partial charge is 0.352 e. The number of guanidine groups is 1. The molecule has 2 aromatic carbocycles. The molecule has 0 aliphatic carbocycles. The standard InChI is InChI=1S/C23H28N6O/c1-18-13-14-29(27-18)21-12-8-7-11-20(21)16-25-23(26-17-22(30)28(2)3)24-15-19-9-5-4-6-10-19/h4-14H,15-17H2,1-3H3,(H2,24,25,26). The summed E-state index contributed by atoms with van der Waals surface area (Å²) in [6.45, 7) is 3.21. The van der Waals surface area contributed by atoms with E-state index in [1.165, 1.54) is 0 Å². The molecule has 3 rings (SSSR count). The van der Waals surface area contributed by atoms with E-state index in [0.29, 0.717) is 19.0 Å². The fourth-order valence-electron chi connectivity index (χ4n) is 2.86. The Labute approximate surface area is 177 Å². The van der Waals surface area contributed by atoms with Crippen molar-refractivity contribution in [3.05, 3.63) is 83.7 Å². The highest BCUT2D eigenvalue weighted by Gasteiger charge is 2.09. The van der Waals surface area contributed by atoms with E-state index < -0.39 is 0 Å². The van der Waals surface area contributed by atoms with Gasteiger partial charge in [0, 0.05) is 26.8 Å². The predicted octanol–water partition coefficient (Wildman–Crippen LogP) is 2.50. The Kier molecular flexibility index (Phi) is 7.21. The lowest BCUT2D eigenvalue weighted by Crippen LogP contribution is -2.42. The van der Waals surface area contributed by atoms with Crippen LogP contribution in [0.1, 0.15) is 16.8 Å². The van der Waals surface area contributed by atoms with Crippen LogP contribution in [0.2, 0.25) is 0 Å². The predicted molar refractivity (Wildman–Crippen MR) is 119 cm³/mol. The van der Waals surface area contributed by atoms with Gasteiger partial charge in [0.25, 0.3) is 0 Å². The summed E-state index contributed by atoms with van der Waals surface area (Å²) in [7, 11) is 3.47. The zero-order valence-electron chi connectivity index (χ0n) is 17.7. The summed E-state index contributed by atoms with van der Waals surface area (Å²) in [5.74, 6) is 0.567. The molecule has 0 saturated carbocycles. The summed E-state index contributed by atoms with van der Waals surface area (Å²) in [4.78, 5) is 18.2. The molecule has 7 nitrogen and oxygen atoms in total. The highest BCUT2D eigenvalue weighted by Crippen LogP contribution is 2.14. The van der Waals surface area contributed by atoms with Gasteiger partial charge < -0.3 is 15.5 Å². The second-order valence-corrected chi connectivity index (χ2v) is 7.18. The summed E-state index contributed by atoms with van der Waals surface area (Å²) in [6.07, 6.45) is 1.95. The molecule has 0 atom stereocenters. The maximum absolute atomic E-state index is 12.0. The molecule has 0 spiro atoms. The van der Waals surface area contributed by atoms with Gasteiger partial charge in [-0.2, -0.15) is 5.10 Å². The van der Waals surface area contributed by atoms with Crippen LogP contribution in [0.25, 0.3) is 5.69 Å². The molecule has 30 heavy (non-hydrogen) atoms. The van der Waals surface area contributed by atoms with E-state index in [4.69, 9.17) is 0 Å². The van der Waals surface area contributed by atoms with E-state index in [9.17, 15) is 4.79 Å². The smallest absolute Gasteiger partial charge is 0.241 e. The molecular formula is C23H28N6O. The topological polar surface area (TPSA) is 74.6 Å². The minimum Gasteiger partial charge on any atom is -0.352 e. The van der Waals surface area contributed by atoms with Gasteiger partial charge in [-0.25, -0.2) is 9.67 Å². The van der Waals surface area contributed by atoms with Gasteiger partial charge in [-0.3, -0.25) is 4.79 Å². The lowest BCUT2D eigenvalue weighted by Gasteiger charge is -2.16. The molecule has 1 amide bonds. The first kappa shape index (κ1) is 21.1. The third-order valence-electron chi connectivity index (χ3n) is 4.58. The molecule has 0 aliphatic rings. The molecule has 0 unspecified atom stereocenters. The van der Waals surface area contributed by atoms with Crippen LogP contribution in [-0.2, 0) is 17.9 Å². The Balaban J connectivity index is 1.73. The average molecular weight is 405 g/mol. The number of para-hydroxylation sites is 1. The first-order valence-electron chi connectivity index (χ1n) is 9.90. The number of hydrogen-bond acceptors (Lipinski definition) is 3. The minimum absolute atomic E-state index is 0.0170. The van der Waals surface area contributed by atoms with E-state index in [0.717, 1.165) is 22.5 Å². The van der Waals surface area contributed by atoms with Crippen LogP contribution < -0.4 is 10.6 Å². The van der Waals surface area contributed by atoms with Gasteiger partial charge in [-0.05, 0) is 30.2 Å². The summed E-state index contributed by atoms with van der Waals surface area (Å²) in [6, 6.07) is 20.1. The average Bonchev–Trinajstić information content (AvgIpc) is 3.20. The van der Waals surface area contributed by atoms with Crippen molar-refractivity contribution in [3.63, 3.8) is 0 Å². The fraction of sp³-hybridized carbons (Fsp3) is 0.261. The van der Waals surface area contributed by atoms with Crippen molar-refractivity contribution in [1.82, 2.24) is 25.3 Å². The van der Waals surface area contributed by atoms with Gasteiger partial charge in [0.15, 0.2) is 5.96 Å². The number of hydrogen-bond donors (Lipinski definition) is 2. The third-order valence-corrected chi connectivity index (χ3v) is 4.58. The number of benzene rings is 2. The number of aryl methyl sites for hydroxylation is 1. The van der Waals surface area contributed by atoms with Crippen LogP contribution in [0.3, 0.4) is 0 Å². The van der Waals surface area contributed by atoms with Crippen LogP contribution in [-0.4, -0.2) is 47.2 Å². The SMILES string of the molecule is Cc1ccn(-c2ccccc2CNC(=NCc2ccccc2)NCC(=O)N(C)C)n1. The maximum Gasteiger partial charge on any atom is 0.241 e. The summed E-state index contributed by atoms with van der Waals surface area (Å²) >= 11 is 0. The number of carbonyl (C=O) groups is 1. The number of nitrogens with zero attached hydrogens (tertiary/aromatic N) is 4. The van der Waals surface area contributed by atoms with Gasteiger partial charge in [0.05, 0.1) is 24.5 Å². The molecule has 2 N–H and O–H groups in total. The Morgan fingerprint density at radius 2 is 1.77 bits per heavy atom. The van der Waals surface area contributed by atoms with Crippen molar-refractivity contribution in [1.29, 1.82) is 0 Å². The van der Waals surface area contributed by atoms with E-state index in [1.54, 1.807) is 19.0 Å². The van der Waals surface area contributed by atoms with Gasteiger partial charge in [-0.15, -0.1) is 0 Å². The number of aromatic nitrogens is 2. The molecule has 0 bridgehead atoms. The Bertz CT molecular complexity index is 994. The summed E-state index contributed by atoms with van der Waals surface area (Å²) in [5, 5.41) is 11.0. The van der Waals surface area contributed by atoms with Crippen LogP contribution >= 0.6 is 0 Å². The van der Waals surface area contributed by atoms with E-state index in [2.05, 4.69) is 26.8 Å². The van der Waals surface area contributed by atoms with E-state index >= 15 is 0 Å². The van der Waals surface area contributed by atoms with Crippen molar-refractivity contribution in [3.8, 4) is 5.69 Å². The first-order valence-corrected chi connectivity index (χ1v) is 9.90. The lowest BCUT2D eigenvalue weighted by molar-refractivity contribution is -0.127. The lowest BCUT2D eigenvalue weighted by atomic mass is 10.2. The van der Waals surface area contributed by atoms with Gasteiger partial charge in [0.2, 0.25) is 5.91 Å². The summed E-state index contributed by atoms with van der Waals surface area (Å²) in [5.41, 5.74) is 4.15. The highest BCUT2D eigenvalue weighted by atomic mass is 16.2. The van der Waals surface area contributed by atoms with Crippen molar-refractivity contribution in [2.24, 2.45) is 4.99 Å². The molecular weight excluding hydrogens is 376 g/mol. The Morgan fingerprint density at radius 3 is 2.47 bits per heavy atom.